The van der Waals surface area contributed by atoms with E-state index in [0.717, 1.165) is 18.7 Å². The molecule has 0 aromatic carbocycles. The Bertz CT molecular complexity index is 420. The van der Waals surface area contributed by atoms with E-state index in [9.17, 15) is 14.0 Å². The molecule has 2 amide bonds. The molecule has 0 saturated carbocycles. The summed E-state index contributed by atoms with van der Waals surface area (Å²) in [6.07, 6.45) is 1.99. The second-order valence-corrected chi connectivity index (χ2v) is 3.88. The molecule has 1 aromatic heterocycles. The van der Waals surface area contributed by atoms with E-state index in [1.165, 1.54) is 18.0 Å². The van der Waals surface area contributed by atoms with Gasteiger partial charge in [0.2, 0.25) is 11.9 Å². The molecule has 0 unspecified atom stereocenters. The molecule has 0 fully saturated rings. The van der Waals surface area contributed by atoms with Gasteiger partial charge in [-0.15, -0.1) is 0 Å². The highest BCUT2D eigenvalue weighted by atomic mass is 19.1. The topological polar surface area (TPSA) is 62.3 Å². The third-order valence-electron chi connectivity index (χ3n) is 2.27. The van der Waals surface area contributed by atoms with Crippen molar-refractivity contribution in [2.75, 3.05) is 20.1 Å². The van der Waals surface area contributed by atoms with E-state index in [0.29, 0.717) is 6.54 Å². The number of nitrogens with zero attached hydrogens (tertiary/aromatic N) is 2. The number of halogens is 1. The van der Waals surface area contributed by atoms with E-state index in [2.05, 4.69) is 10.3 Å². The monoisotopic (exact) mass is 253 g/mol. The van der Waals surface area contributed by atoms with Gasteiger partial charge in [-0.05, 0) is 18.6 Å². The number of hydrogen-bond acceptors (Lipinski definition) is 3. The Morgan fingerprint density at radius 2 is 2.17 bits per heavy atom. The first kappa shape index (κ1) is 14.1. The van der Waals surface area contributed by atoms with Crippen molar-refractivity contribution in [1.29, 1.82) is 0 Å². The smallest absolute Gasteiger partial charge is 0.255 e. The fourth-order valence-corrected chi connectivity index (χ4v) is 1.33. The van der Waals surface area contributed by atoms with Gasteiger partial charge in [-0.25, -0.2) is 4.98 Å². The van der Waals surface area contributed by atoms with Crippen molar-refractivity contribution in [3.8, 4) is 0 Å². The average molecular weight is 253 g/mol. The molecule has 1 aromatic rings. The largest absolute Gasteiger partial charge is 0.355 e. The molecule has 1 heterocycles. The Morgan fingerprint density at radius 3 is 2.72 bits per heavy atom. The minimum absolute atomic E-state index is 0.0315. The lowest BCUT2D eigenvalue weighted by molar-refractivity contribution is -0.121. The summed E-state index contributed by atoms with van der Waals surface area (Å²) in [5, 5.41) is 2.67. The van der Waals surface area contributed by atoms with Crippen LogP contribution in [0, 0.1) is 5.95 Å². The van der Waals surface area contributed by atoms with Crippen molar-refractivity contribution < 1.29 is 14.0 Å². The van der Waals surface area contributed by atoms with Crippen LogP contribution in [0.5, 0.6) is 0 Å². The number of aromatic nitrogens is 1. The van der Waals surface area contributed by atoms with E-state index in [-0.39, 0.29) is 23.9 Å². The van der Waals surface area contributed by atoms with Crippen LogP contribution in [0.4, 0.5) is 4.39 Å². The Balaban J connectivity index is 2.56. The number of nitrogens with one attached hydrogen (secondary N) is 1. The van der Waals surface area contributed by atoms with Gasteiger partial charge in [0.15, 0.2) is 0 Å². The molecule has 98 valence electrons. The summed E-state index contributed by atoms with van der Waals surface area (Å²) < 4.78 is 12.6. The standard InChI is InChI=1S/C12H16FN3O2/c1-3-6-14-11(17)8-16(2)12(18)9-4-5-10(13)15-7-9/h4-5,7H,3,6,8H2,1-2H3,(H,14,17). The molecule has 0 aliphatic heterocycles. The Kier molecular flexibility index (Phi) is 5.23. The molecule has 0 radical (unpaired) electrons. The van der Waals surface area contributed by atoms with Crippen LogP contribution < -0.4 is 5.32 Å². The molecule has 0 aliphatic rings. The number of amides is 2. The van der Waals surface area contributed by atoms with Gasteiger partial charge in [-0.3, -0.25) is 9.59 Å². The highest BCUT2D eigenvalue weighted by Crippen LogP contribution is 2.02. The SMILES string of the molecule is CCCNC(=O)CN(C)C(=O)c1ccc(F)nc1. The zero-order valence-electron chi connectivity index (χ0n) is 10.4. The Morgan fingerprint density at radius 1 is 1.44 bits per heavy atom. The van der Waals surface area contributed by atoms with Gasteiger partial charge in [0, 0.05) is 19.8 Å². The number of likely N-dealkylation sites (N-methyl/N-ethyl adjacent to an activating group) is 1. The molecule has 18 heavy (non-hydrogen) atoms. The van der Waals surface area contributed by atoms with Gasteiger partial charge >= 0.3 is 0 Å². The number of rotatable bonds is 5. The van der Waals surface area contributed by atoms with Crippen molar-refractivity contribution in [1.82, 2.24) is 15.2 Å². The molecule has 6 heteroatoms. The summed E-state index contributed by atoms with van der Waals surface area (Å²) in [6.45, 7) is 2.49. The van der Waals surface area contributed by atoms with Crippen LogP contribution >= 0.6 is 0 Å². The lowest BCUT2D eigenvalue weighted by Gasteiger charge is -2.16. The lowest BCUT2D eigenvalue weighted by atomic mass is 10.2. The highest BCUT2D eigenvalue weighted by molar-refractivity contribution is 5.96. The number of pyridine rings is 1. The third kappa shape index (κ3) is 4.12. The predicted octanol–water partition coefficient (Wildman–Crippen LogP) is 0.819. The second kappa shape index (κ2) is 6.68. The van der Waals surface area contributed by atoms with E-state index in [1.54, 1.807) is 0 Å². The van der Waals surface area contributed by atoms with Gasteiger partial charge in [0.25, 0.3) is 5.91 Å². The van der Waals surface area contributed by atoms with Crippen LogP contribution in [0.25, 0.3) is 0 Å². The van der Waals surface area contributed by atoms with Crippen LogP contribution in [0.15, 0.2) is 18.3 Å². The van der Waals surface area contributed by atoms with E-state index >= 15 is 0 Å². The highest BCUT2D eigenvalue weighted by Gasteiger charge is 2.14. The third-order valence-corrected chi connectivity index (χ3v) is 2.27. The van der Waals surface area contributed by atoms with Crippen molar-refractivity contribution in [3.63, 3.8) is 0 Å². The predicted molar refractivity (Wildman–Crippen MR) is 64.5 cm³/mol. The van der Waals surface area contributed by atoms with Gasteiger partial charge in [0.1, 0.15) is 0 Å². The average Bonchev–Trinajstić information content (AvgIpc) is 2.36. The first-order chi connectivity index (χ1) is 8.54. The number of carbonyl (C=O) groups excluding carboxylic acids is 2. The van der Waals surface area contributed by atoms with Gasteiger partial charge < -0.3 is 10.2 Å². The molecule has 0 aliphatic carbocycles. The zero-order valence-corrected chi connectivity index (χ0v) is 10.4. The molecule has 0 bridgehead atoms. The summed E-state index contributed by atoms with van der Waals surface area (Å²) >= 11 is 0. The Hall–Kier alpha value is -1.98. The quantitative estimate of drug-likeness (QED) is 0.790. The molecule has 1 rings (SSSR count). The van der Waals surface area contributed by atoms with Gasteiger partial charge in [0.05, 0.1) is 12.1 Å². The molecular formula is C12H16FN3O2. The lowest BCUT2D eigenvalue weighted by Crippen LogP contribution is -2.38. The van der Waals surface area contributed by atoms with Crippen LogP contribution in [-0.2, 0) is 4.79 Å². The normalized spacial score (nSPS) is 9.94. The van der Waals surface area contributed by atoms with Crippen LogP contribution in [0.1, 0.15) is 23.7 Å². The van der Waals surface area contributed by atoms with Crippen molar-refractivity contribution in [2.45, 2.75) is 13.3 Å². The van der Waals surface area contributed by atoms with E-state index < -0.39 is 5.95 Å². The van der Waals surface area contributed by atoms with E-state index in [1.807, 2.05) is 6.92 Å². The number of carbonyl (C=O) groups is 2. The maximum Gasteiger partial charge on any atom is 0.255 e. The second-order valence-electron chi connectivity index (χ2n) is 3.88. The molecule has 5 nitrogen and oxygen atoms in total. The van der Waals surface area contributed by atoms with Crippen LogP contribution in [0.2, 0.25) is 0 Å². The Labute approximate surface area is 105 Å². The number of hydrogen-bond donors (Lipinski definition) is 1. The minimum Gasteiger partial charge on any atom is -0.355 e. The molecule has 0 spiro atoms. The summed E-state index contributed by atoms with van der Waals surface area (Å²) in [6, 6.07) is 2.45. The van der Waals surface area contributed by atoms with Crippen molar-refractivity contribution >= 4 is 11.8 Å². The van der Waals surface area contributed by atoms with E-state index in [4.69, 9.17) is 0 Å². The summed E-state index contributed by atoms with van der Waals surface area (Å²) in [5.41, 5.74) is 0.252. The fourth-order valence-electron chi connectivity index (χ4n) is 1.33. The summed E-state index contributed by atoms with van der Waals surface area (Å²) in [7, 11) is 1.51. The fraction of sp³-hybridized carbons (Fsp3) is 0.417. The first-order valence-electron chi connectivity index (χ1n) is 5.68. The molecule has 1 N–H and O–H groups in total. The summed E-state index contributed by atoms with van der Waals surface area (Å²) in [5.74, 6) is -1.23. The van der Waals surface area contributed by atoms with Crippen molar-refractivity contribution in [2.24, 2.45) is 0 Å². The maximum absolute atomic E-state index is 12.6. The van der Waals surface area contributed by atoms with Crippen LogP contribution in [0.3, 0.4) is 0 Å². The molecule has 0 atom stereocenters. The first-order valence-corrected chi connectivity index (χ1v) is 5.68. The van der Waals surface area contributed by atoms with Gasteiger partial charge in [-0.1, -0.05) is 6.92 Å². The minimum atomic E-state index is -0.644. The zero-order chi connectivity index (χ0) is 13.5. The molecular weight excluding hydrogens is 237 g/mol. The summed E-state index contributed by atoms with van der Waals surface area (Å²) in [4.78, 5) is 27.9. The van der Waals surface area contributed by atoms with Gasteiger partial charge in [-0.2, -0.15) is 4.39 Å². The maximum atomic E-state index is 12.6. The van der Waals surface area contributed by atoms with Crippen molar-refractivity contribution in [3.05, 3.63) is 29.8 Å². The van der Waals surface area contributed by atoms with Crippen LogP contribution in [-0.4, -0.2) is 41.8 Å². The molecule has 0 saturated heterocycles.